The zero-order chi connectivity index (χ0) is 15.8. The molecule has 1 atom stereocenters. The topological polar surface area (TPSA) is 101 Å². The van der Waals surface area contributed by atoms with E-state index in [0.717, 1.165) is 6.08 Å². The molecule has 1 aliphatic carbocycles. The highest BCUT2D eigenvalue weighted by atomic mass is 19.1. The number of rotatable bonds is 3. The highest BCUT2D eigenvalue weighted by Gasteiger charge is 2.35. The maximum absolute atomic E-state index is 14.1. The van der Waals surface area contributed by atoms with Gasteiger partial charge < -0.3 is 15.9 Å². The Labute approximate surface area is 120 Å². The van der Waals surface area contributed by atoms with Gasteiger partial charge in [0, 0.05) is 16.7 Å². The van der Waals surface area contributed by atoms with Crippen LogP contribution in [0.4, 0.5) is 10.1 Å². The molecule has 0 spiro atoms. The van der Waals surface area contributed by atoms with Crippen LogP contribution in [0, 0.1) is 5.82 Å². The van der Waals surface area contributed by atoms with Gasteiger partial charge in [0.1, 0.15) is 5.82 Å². The van der Waals surface area contributed by atoms with Gasteiger partial charge in [0.25, 0.3) is 0 Å². The lowest BCUT2D eigenvalue weighted by Gasteiger charge is -2.31. The molecule has 6 heteroatoms. The molecule has 21 heavy (non-hydrogen) atoms. The number of aliphatic carboxylic acids is 2. The maximum atomic E-state index is 14.1. The average Bonchev–Trinajstić information content (AvgIpc) is 2.40. The van der Waals surface area contributed by atoms with E-state index in [1.807, 2.05) is 0 Å². The number of benzene rings is 1. The predicted octanol–water partition coefficient (Wildman–Crippen LogP) is 2.09. The second kappa shape index (κ2) is 5.05. The third-order valence-electron chi connectivity index (χ3n) is 3.49. The first-order valence-electron chi connectivity index (χ1n) is 6.18. The van der Waals surface area contributed by atoms with Crippen LogP contribution in [0.3, 0.4) is 0 Å². The molecule has 110 valence electrons. The fourth-order valence-electron chi connectivity index (χ4n) is 2.48. The van der Waals surface area contributed by atoms with E-state index in [4.69, 9.17) is 15.9 Å². The van der Waals surface area contributed by atoms with Gasteiger partial charge in [-0.15, -0.1) is 0 Å². The third-order valence-corrected chi connectivity index (χ3v) is 3.49. The molecule has 5 nitrogen and oxygen atoms in total. The van der Waals surface area contributed by atoms with Crippen molar-refractivity contribution in [3.8, 4) is 0 Å². The number of carboxylic acid groups (broad SMARTS) is 2. The highest BCUT2D eigenvalue weighted by Crippen LogP contribution is 2.39. The standard InChI is InChI=1S/C15H14FNO4/c1-15(11-5-10(17)2-3-12(11)16)6-8(13(18)19)4-9(7-15)14(20)21/h2-6H,7,17H2,1H3,(H,18,19)(H,20,21)/t15-/m0/s1. The Morgan fingerprint density at radius 2 is 1.95 bits per heavy atom. The number of halogens is 1. The Morgan fingerprint density at radius 3 is 2.52 bits per heavy atom. The molecule has 0 heterocycles. The first kappa shape index (κ1) is 14.8. The molecule has 0 aliphatic heterocycles. The summed E-state index contributed by atoms with van der Waals surface area (Å²) in [5, 5.41) is 18.3. The summed E-state index contributed by atoms with van der Waals surface area (Å²) >= 11 is 0. The quantitative estimate of drug-likeness (QED) is 0.740. The molecule has 0 amide bonds. The van der Waals surface area contributed by atoms with E-state index in [0.29, 0.717) is 5.69 Å². The normalized spacial score (nSPS) is 21.4. The largest absolute Gasteiger partial charge is 0.478 e. The fourth-order valence-corrected chi connectivity index (χ4v) is 2.48. The molecule has 1 aromatic carbocycles. The van der Waals surface area contributed by atoms with Crippen LogP contribution >= 0.6 is 0 Å². The lowest BCUT2D eigenvalue weighted by molar-refractivity contribution is -0.133. The molecule has 0 saturated carbocycles. The molecule has 0 radical (unpaired) electrons. The number of carboxylic acids is 2. The molecular formula is C15H14FNO4. The molecule has 4 N–H and O–H groups in total. The molecule has 0 unspecified atom stereocenters. The van der Waals surface area contributed by atoms with E-state index < -0.39 is 23.2 Å². The van der Waals surface area contributed by atoms with Crippen molar-refractivity contribution in [1.82, 2.24) is 0 Å². The van der Waals surface area contributed by atoms with Crippen LogP contribution in [0.1, 0.15) is 18.9 Å². The number of anilines is 1. The van der Waals surface area contributed by atoms with E-state index in [-0.39, 0.29) is 23.1 Å². The van der Waals surface area contributed by atoms with Crippen LogP contribution in [0.2, 0.25) is 0 Å². The zero-order valence-electron chi connectivity index (χ0n) is 11.3. The number of nitrogens with two attached hydrogens (primary N) is 1. The summed E-state index contributed by atoms with van der Waals surface area (Å²) in [6.45, 7) is 1.59. The van der Waals surface area contributed by atoms with Crippen molar-refractivity contribution in [2.45, 2.75) is 18.8 Å². The number of hydrogen-bond acceptors (Lipinski definition) is 3. The number of nitrogen functional groups attached to an aromatic ring is 1. The molecule has 0 saturated heterocycles. The van der Waals surface area contributed by atoms with Crippen LogP contribution in [0.25, 0.3) is 0 Å². The first-order valence-corrected chi connectivity index (χ1v) is 6.18. The van der Waals surface area contributed by atoms with E-state index in [1.165, 1.54) is 24.3 Å². The molecule has 2 rings (SSSR count). The van der Waals surface area contributed by atoms with Crippen LogP contribution < -0.4 is 5.73 Å². The minimum Gasteiger partial charge on any atom is -0.478 e. The summed E-state index contributed by atoms with van der Waals surface area (Å²) in [6.07, 6.45) is 2.44. The summed E-state index contributed by atoms with van der Waals surface area (Å²) in [5.41, 5.74) is 4.80. The van der Waals surface area contributed by atoms with E-state index in [9.17, 15) is 14.0 Å². The molecule has 0 aromatic heterocycles. The van der Waals surface area contributed by atoms with Crippen molar-refractivity contribution < 1.29 is 24.2 Å². The van der Waals surface area contributed by atoms with Gasteiger partial charge in [-0.05, 0) is 36.3 Å². The lowest BCUT2D eigenvalue weighted by atomic mass is 9.72. The van der Waals surface area contributed by atoms with Gasteiger partial charge in [-0.1, -0.05) is 13.0 Å². The Bertz CT molecular complexity index is 693. The molecule has 1 aliphatic rings. The fraction of sp³-hybridized carbons (Fsp3) is 0.200. The summed E-state index contributed by atoms with van der Waals surface area (Å²) in [5.74, 6) is -3.04. The SMILES string of the molecule is C[C@]1(c2cc(N)ccc2F)C=C(C(=O)O)C=C(C(=O)O)C1. The van der Waals surface area contributed by atoms with Crippen molar-refractivity contribution in [2.75, 3.05) is 5.73 Å². The third kappa shape index (κ3) is 2.79. The number of allylic oxidation sites excluding steroid dienone is 1. The summed E-state index contributed by atoms with van der Waals surface area (Å²) < 4.78 is 14.1. The van der Waals surface area contributed by atoms with Crippen molar-refractivity contribution in [2.24, 2.45) is 0 Å². The molecule has 0 bridgehead atoms. The van der Waals surface area contributed by atoms with Gasteiger partial charge in [-0.3, -0.25) is 0 Å². The van der Waals surface area contributed by atoms with Crippen LogP contribution in [0.5, 0.6) is 0 Å². The first-order chi connectivity index (χ1) is 9.73. The smallest absolute Gasteiger partial charge is 0.335 e. The Balaban J connectivity index is 2.61. The van der Waals surface area contributed by atoms with Gasteiger partial charge in [0.2, 0.25) is 0 Å². The summed E-state index contributed by atoms with van der Waals surface area (Å²) in [4.78, 5) is 22.4. The summed E-state index contributed by atoms with van der Waals surface area (Å²) in [7, 11) is 0. The number of hydrogen-bond donors (Lipinski definition) is 3. The van der Waals surface area contributed by atoms with Gasteiger partial charge in [-0.2, -0.15) is 0 Å². The van der Waals surface area contributed by atoms with Gasteiger partial charge in [-0.25, -0.2) is 14.0 Å². The minimum absolute atomic E-state index is 0.0144. The lowest BCUT2D eigenvalue weighted by Crippen LogP contribution is -2.28. The monoisotopic (exact) mass is 291 g/mol. The maximum Gasteiger partial charge on any atom is 0.335 e. The summed E-state index contributed by atoms with van der Waals surface area (Å²) in [6, 6.07) is 3.97. The van der Waals surface area contributed by atoms with E-state index >= 15 is 0 Å². The second-order valence-electron chi connectivity index (χ2n) is 5.21. The predicted molar refractivity (Wildman–Crippen MR) is 74.2 cm³/mol. The van der Waals surface area contributed by atoms with E-state index in [1.54, 1.807) is 6.92 Å². The zero-order valence-corrected chi connectivity index (χ0v) is 11.3. The van der Waals surface area contributed by atoms with Crippen LogP contribution in [0.15, 0.2) is 41.5 Å². The average molecular weight is 291 g/mol. The van der Waals surface area contributed by atoms with Gasteiger partial charge in [0.05, 0.1) is 5.57 Å². The van der Waals surface area contributed by atoms with Crippen molar-refractivity contribution in [3.63, 3.8) is 0 Å². The van der Waals surface area contributed by atoms with E-state index in [2.05, 4.69) is 0 Å². The van der Waals surface area contributed by atoms with Crippen LogP contribution in [-0.4, -0.2) is 22.2 Å². The van der Waals surface area contributed by atoms with Gasteiger partial charge in [0.15, 0.2) is 0 Å². The Morgan fingerprint density at radius 1 is 1.29 bits per heavy atom. The minimum atomic E-state index is -1.26. The highest BCUT2D eigenvalue weighted by molar-refractivity contribution is 5.96. The van der Waals surface area contributed by atoms with Crippen molar-refractivity contribution in [1.29, 1.82) is 0 Å². The van der Waals surface area contributed by atoms with Gasteiger partial charge >= 0.3 is 11.9 Å². The second-order valence-corrected chi connectivity index (χ2v) is 5.21. The number of carbonyl (C=O) groups is 2. The Hall–Kier alpha value is -2.63. The van der Waals surface area contributed by atoms with Crippen molar-refractivity contribution in [3.05, 3.63) is 52.9 Å². The molecular weight excluding hydrogens is 277 g/mol. The van der Waals surface area contributed by atoms with Crippen molar-refractivity contribution >= 4 is 17.6 Å². The Kier molecular flexibility index (Phi) is 3.55. The molecule has 1 aromatic rings. The van der Waals surface area contributed by atoms with Crippen LogP contribution in [-0.2, 0) is 15.0 Å². The molecule has 0 fully saturated rings.